The molecule has 3 rings (SSSR count). The van der Waals surface area contributed by atoms with Crippen LogP contribution in [0.1, 0.15) is 24.5 Å². The van der Waals surface area contributed by atoms with Crippen molar-refractivity contribution in [2.75, 3.05) is 25.0 Å². The Bertz CT molecular complexity index is 648. The first-order valence-electron chi connectivity index (χ1n) is 7.20. The number of nitrogens with two attached hydrogens (primary N) is 1. The molecule has 5 heteroatoms. The van der Waals surface area contributed by atoms with Crippen LogP contribution in [-0.2, 0) is 6.42 Å². The van der Waals surface area contributed by atoms with Crippen LogP contribution in [0.25, 0.3) is 5.57 Å². The van der Waals surface area contributed by atoms with Gasteiger partial charge in [0.2, 0.25) is 0 Å². The second-order valence-corrected chi connectivity index (χ2v) is 5.79. The van der Waals surface area contributed by atoms with E-state index in [4.69, 9.17) is 5.73 Å². The fourth-order valence-corrected chi connectivity index (χ4v) is 3.02. The third-order valence-electron chi connectivity index (χ3n) is 3.89. The quantitative estimate of drug-likeness (QED) is 0.859. The molecule has 2 amide bonds. The SMILES string of the molecule is CC1=CC(c2cnc3c(c2)CCCN3C(N)=O)=CN(C)C1. The molecular formula is C16H20N4O. The highest BCUT2D eigenvalue weighted by Crippen LogP contribution is 2.29. The Morgan fingerprint density at radius 2 is 2.24 bits per heavy atom. The normalized spacial score (nSPS) is 18.0. The number of anilines is 1. The first kappa shape index (κ1) is 13.7. The van der Waals surface area contributed by atoms with Crippen molar-refractivity contribution in [3.8, 4) is 0 Å². The highest BCUT2D eigenvalue weighted by atomic mass is 16.2. The van der Waals surface area contributed by atoms with Crippen LogP contribution in [-0.4, -0.2) is 36.1 Å². The molecule has 2 N–H and O–H groups in total. The van der Waals surface area contributed by atoms with E-state index in [0.717, 1.165) is 36.1 Å². The Hall–Kier alpha value is -2.30. The zero-order valence-electron chi connectivity index (χ0n) is 12.5. The van der Waals surface area contributed by atoms with Crippen molar-refractivity contribution in [1.29, 1.82) is 0 Å². The van der Waals surface area contributed by atoms with E-state index in [1.54, 1.807) is 4.90 Å². The van der Waals surface area contributed by atoms with Crippen LogP contribution in [0.15, 0.2) is 30.1 Å². The molecule has 21 heavy (non-hydrogen) atoms. The maximum Gasteiger partial charge on any atom is 0.320 e. The summed E-state index contributed by atoms with van der Waals surface area (Å²) in [5.41, 5.74) is 10.1. The lowest BCUT2D eigenvalue weighted by atomic mass is 9.98. The summed E-state index contributed by atoms with van der Waals surface area (Å²) in [6.07, 6.45) is 8.01. The van der Waals surface area contributed by atoms with Gasteiger partial charge in [-0.25, -0.2) is 9.78 Å². The minimum Gasteiger partial charge on any atom is -0.376 e. The van der Waals surface area contributed by atoms with Crippen molar-refractivity contribution in [2.24, 2.45) is 5.73 Å². The van der Waals surface area contributed by atoms with Crippen molar-refractivity contribution < 1.29 is 4.79 Å². The largest absolute Gasteiger partial charge is 0.376 e. The van der Waals surface area contributed by atoms with E-state index in [9.17, 15) is 4.79 Å². The number of allylic oxidation sites excluding steroid dienone is 2. The zero-order valence-corrected chi connectivity index (χ0v) is 12.5. The fourth-order valence-electron chi connectivity index (χ4n) is 3.02. The smallest absolute Gasteiger partial charge is 0.320 e. The summed E-state index contributed by atoms with van der Waals surface area (Å²) in [5.74, 6) is 0.711. The van der Waals surface area contributed by atoms with Gasteiger partial charge in [-0.15, -0.1) is 0 Å². The van der Waals surface area contributed by atoms with Gasteiger partial charge in [0, 0.05) is 38.1 Å². The Balaban J connectivity index is 1.99. The molecule has 5 nitrogen and oxygen atoms in total. The van der Waals surface area contributed by atoms with Crippen molar-refractivity contribution in [2.45, 2.75) is 19.8 Å². The van der Waals surface area contributed by atoms with E-state index < -0.39 is 6.03 Å². The number of fused-ring (bicyclic) bond motifs is 1. The van der Waals surface area contributed by atoms with Crippen LogP contribution in [0.3, 0.4) is 0 Å². The minimum atomic E-state index is -0.427. The molecule has 0 aliphatic carbocycles. The number of carbonyl (C=O) groups excluding carboxylic acids is 1. The number of urea groups is 1. The number of amides is 2. The van der Waals surface area contributed by atoms with Crippen molar-refractivity contribution in [1.82, 2.24) is 9.88 Å². The first-order chi connectivity index (χ1) is 10.0. The molecule has 0 aromatic carbocycles. The summed E-state index contributed by atoms with van der Waals surface area (Å²) in [7, 11) is 2.07. The molecular weight excluding hydrogens is 264 g/mol. The molecule has 0 saturated heterocycles. The van der Waals surface area contributed by atoms with Gasteiger partial charge in [-0.05, 0) is 37.0 Å². The minimum absolute atomic E-state index is 0.427. The van der Waals surface area contributed by atoms with Gasteiger partial charge < -0.3 is 10.6 Å². The molecule has 110 valence electrons. The van der Waals surface area contributed by atoms with Crippen LogP contribution in [0.5, 0.6) is 0 Å². The topological polar surface area (TPSA) is 62.5 Å². The maximum absolute atomic E-state index is 11.5. The summed E-state index contributed by atoms with van der Waals surface area (Å²) in [6, 6.07) is 1.70. The van der Waals surface area contributed by atoms with Gasteiger partial charge in [0.15, 0.2) is 0 Å². The van der Waals surface area contributed by atoms with Gasteiger partial charge >= 0.3 is 6.03 Å². The molecule has 0 saturated carbocycles. The van der Waals surface area contributed by atoms with Crippen molar-refractivity contribution in [3.63, 3.8) is 0 Å². The number of likely N-dealkylation sites (N-methyl/N-ethyl adjacent to an activating group) is 1. The number of aromatic nitrogens is 1. The van der Waals surface area contributed by atoms with Gasteiger partial charge in [0.25, 0.3) is 0 Å². The van der Waals surface area contributed by atoms with Crippen molar-refractivity contribution in [3.05, 3.63) is 41.2 Å². The van der Waals surface area contributed by atoms with Crippen LogP contribution < -0.4 is 10.6 Å². The van der Waals surface area contributed by atoms with Gasteiger partial charge in [-0.3, -0.25) is 4.90 Å². The summed E-state index contributed by atoms with van der Waals surface area (Å²) < 4.78 is 0. The van der Waals surface area contributed by atoms with E-state index in [1.165, 1.54) is 5.57 Å². The molecule has 0 radical (unpaired) electrons. The molecule has 2 aliphatic heterocycles. The Kier molecular flexibility index (Phi) is 3.41. The third kappa shape index (κ3) is 2.63. The van der Waals surface area contributed by atoms with E-state index in [1.807, 2.05) is 6.20 Å². The van der Waals surface area contributed by atoms with E-state index >= 15 is 0 Å². The number of hydrogen-bond acceptors (Lipinski definition) is 3. The van der Waals surface area contributed by atoms with Gasteiger partial charge in [-0.2, -0.15) is 0 Å². The third-order valence-corrected chi connectivity index (χ3v) is 3.89. The Labute approximate surface area is 124 Å². The molecule has 0 spiro atoms. The molecule has 1 aromatic rings. The number of primary amides is 1. The lowest BCUT2D eigenvalue weighted by molar-refractivity contribution is 0.253. The van der Waals surface area contributed by atoms with Crippen LogP contribution in [0.2, 0.25) is 0 Å². The predicted octanol–water partition coefficient (Wildman–Crippen LogP) is 2.15. The number of carbonyl (C=O) groups is 1. The molecule has 0 fully saturated rings. The fraction of sp³-hybridized carbons (Fsp3) is 0.375. The van der Waals surface area contributed by atoms with E-state index in [0.29, 0.717) is 12.4 Å². The van der Waals surface area contributed by atoms with Gasteiger partial charge in [0.05, 0.1) is 0 Å². The molecule has 0 unspecified atom stereocenters. The number of nitrogens with zero attached hydrogens (tertiary/aromatic N) is 3. The van der Waals surface area contributed by atoms with Crippen molar-refractivity contribution >= 4 is 17.4 Å². The summed E-state index contributed by atoms with van der Waals surface area (Å²) in [6.45, 7) is 3.74. The molecule has 3 heterocycles. The standard InChI is InChI=1S/C16H20N4O/c1-11-6-14(10-19(2)9-11)13-7-12-4-3-5-20(16(17)21)15(12)18-8-13/h6-8,10H,3-5,9H2,1-2H3,(H2,17,21). The molecule has 0 atom stereocenters. The average Bonchev–Trinajstić information content (AvgIpc) is 2.44. The maximum atomic E-state index is 11.5. The lowest BCUT2D eigenvalue weighted by Gasteiger charge is -2.27. The Morgan fingerprint density at radius 3 is 2.95 bits per heavy atom. The average molecular weight is 284 g/mol. The first-order valence-corrected chi connectivity index (χ1v) is 7.20. The van der Waals surface area contributed by atoms with E-state index in [2.05, 4.69) is 42.2 Å². The predicted molar refractivity (Wildman–Crippen MR) is 83.9 cm³/mol. The molecule has 0 bridgehead atoms. The van der Waals surface area contributed by atoms with Gasteiger partial charge in [0.1, 0.15) is 5.82 Å². The number of aryl methyl sites for hydroxylation is 1. The lowest BCUT2D eigenvalue weighted by Crippen LogP contribution is -2.40. The Morgan fingerprint density at radius 1 is 1.43 bits per heavy atom. The van der Waals surface area contributed by atoms with Gasteiger partial charge in [-0.1, -0.05) is 11.6 Å². The summed E-state index contributed by atoms with van der Waals surface area (Å²) >= 11 is 0. The summed E-state index contributed by atoms with van der Waals surface area (Å²) in [4.78, 5) is 19.7. The highest BCUT2D eigenvalue weighted by molar-refractivity contribution is 5.91. The highest BCUT2D eigenvalue weighted by Gasteiger charge is 2.22. The second kappa shape index (κ2) is 5.24. The summed E-state index contributed by atoms with van der Waals surface area (Å²) in [5, 5.41) is 0. The number of hydrogen-bond donors (Lipinski definition) is 1. The van der Waals surface area contributed by atoms with Crippen LogP contribution in [0.4, 0.5) is 10.6 Å². The van der Waals surface area contributed by atoms with E-state index in [-0.39, 0.29) is 0 Å². The zero-order chi connectivity index (χ0) is 15.0. The molecule has 1 aromatic heterocycles. The van der Waals surface area contributed by atoms with Crippen LogP contribution in [0, 0.1) is 0 Å². The number of pyridine rings is 1. The molecule has 2 aliphatic rings. The van der Waals surface area contributed by atoms with Crippen LogP contribution >= 0.6 is 0 Å². The monoisotopic (exact) mass is 284 g/mol. The second-order valence-electron chi connectivity index (χ2n) is 5.79. The number of rotatable bonds is 1.